The first kappa shape index (κ1) is 15.9. The molecule has 0 aliphatic heterocycles. The SMILES string of the molecule is Cc1cc(C#N)cc(C)c1OCC(CS)C(C)(C)C. The average molecular weight is 277 g/mol. The van der Waals surface area contributed by atoms with Crippen LogP contribution in [0.15, 0.2) is 12.1 Å². The van der Waals surface area contributed by atoms with Crippen LogP contribution in [0.5, 0.6) is 5.75 Å². The van der Waals surface area contributed by atoms with Gasteiger partial charge in [0.1, 0.15) is 5.75 Å². The summed E-state index contributed by atoms with van der Waals surface area (Å²) in [4.78, 5) is 0. The second-order valence-electron chi connectivity index (χ2n) is 6.11. The van der Waals surface area contributed by atoms with Crippen LogP contribution in [0, 0.1) is 36.5 Å². The lowest BCUT2D eigenvalue weighted by Crippen LogP contribution is -2.28. The lowest BCUT2D eigenvalue weighted by atomic mass is 9.82. The van der Waals surface area contributed by atoms with Crippen molar-refractivity contribution in [1.82, 2.24) is 0 Å². The molecule has 0 bridgehead atoms. The monoisotopic (exact) mass is 277 g/mol. The van der Waals surface area contributed by atoms with Gasteiger partial charge in [0.25, 0.3) is 0 Å². The van der Waals surface area contributed by atoms with Crippen LogP contribution < -0.4 is 4.74 Å². The highest BCUT2D eigenvalue weighted by Crippen LogP contribution is 2.30. The summed E-state index contributed by atoms with van der Waals surface area (Å²) in [6, 6.07) is 5.91. The lowest BCUT2D eigenvalue weighted by molar-refractivity contribution is 0.164. The maximum Gasteiger partial charge on any atom is 0.125 e. The number of hydrogen-bond donors (Lipinski definition) is 1. The van der Waals surface area contributed by atoms with Gasteiger partial charge in [-0.1, -0.05) is 20.8 Å². The molecule has 104 valence electrons. The largest absolute Gasteiger partial charge is 0.493 e. The van der Waals surface area contributed by atoms with E-state index in [-0.39, 0.29) is 5.41 Å². The van der Waals surface area contributed by atoms with Gasteiger partial charge in [-0.3, -0.25) is 0 Å². The Hall–Kier alpha value is -1.14. The summed E-state index contributed by atoms with van der Waals surface area (Å²) in [6.45, 7) is 11.2. The van der Waals surface area contributed by atoms with Crippen molar-refractivity contribution in [2.75, 3.05) is 12.4 Å². The summed E-state index contributed by atoms with van der Waals surface area (Å²) < 4.78 is 5.99. The molecule has 1 aromatic carbocycles. The predicted molar refractivity (Wildman–Crippen MR) is 82.9 cm³/mol. The molecule has 1 unspecified atom stereocenters. The van der Waals surface area contributed by atoms with Crippen LogP contribution in [0.1, 0.15) is 37.5 Å². The molecule has 0 saturated heterocycles. The molecule has 0 heterocycles. The molecule has 0 aliphatic rings. The molecule has 0 spiro atoms. The molecule has 0 saturated carbocycles. The van der Waals surface area contributed by atoms with E-state index in [0.717, 1.165) is 22.6 Å². The minimum atomic E-state index is 0.177. The summed E-state index contributed by atoms with van der Waals surface area (Å²) in [5.41, 5.74) is 2.89. The van der Waals surface area contributed by atoms with Crippen LogP contribution in [0.3, 0.4) is 0 Å². The second kappa shape index (κ2) is 6.34. The highest BCUT2D eigenvalue weighted by Gasteiger charge is 2.24. The summed E-state index contributed by atoms with van der Waals surface area (Å²) >= 11 is 4.42. The molecule has 0 aliphatic carbocycles. The predicted octanol–water partition coefficient (Wildman–Crippen LogP) is 4.15. The fourth-order valence-electron chi connectivity index (χ4n) is 2.00. The van der Waals surface area contributed by atoms with E-state index < -0.39 is 0 Å². The number of nitrogens with zero attached hydrogens (tertiary/aromatic N) is 1. The van der Waals surface area contributed by atoms with Crippen LogP contribution in [0.25, 0.3) is 0 Å². The maximum atomic E-state index is 8.94. The first-order valence-corrected chi connectivity index (χ1v) is 7.17. The van der Waals surface area contributed by atoms with Crippen molar-refractivity contribution in [3.05, 3.63) is 28.8 Å². The number of ether oxygens (including phenoxy) is 1. The third-order valence-electron chi connectivity index (χ3n) is 3.46. The number of rotatable bonds is 4. The smallest absolute Gasteiger partial charge is 0.125 e. The molecule has 0 radical (unpaired) electrons. The molecular weight excluding hydrogens is 254 g/mol. The van der Waals surface area contributed by atoms with Crippen molar-refractivity contribution in [3.8, 4) is 11.8 Å². The molecule has 3 heteroatoms. The molecule has 0 fully saturated rings. The quantitative estimate of drug-likeness (QED) is 0.839. The van der Waals surface area contributed by atoms with E-state index in [1.54, 1.807) is 0 Å². The fraction of sp³-hybridized carbons (Fsp3) is 0.562. The molecule has 0 amide bonds. The van der Waals surface area contributed by atoms with Crippen LogP contribution >= 0.6 is 12.6 Å². The molecule has 0 N–H and O–H groups in total. The summed E-state index contributed by atoms with van der Waals surface area (Å²) in [5, 5.41) is 8.94. The van der Waals surface area contributed by atoms with Gasteiger partial charge in [-0.05, 0) is 48.3 Å². The van der Waals surface area contributed by atoms with Crippen molar-refractivity contribution in [3.63, 3.8) is 0 Å². The van der Waals surface area contributed by atoms with Crippen LogP contribution in [0.2, 0.25) is 0 Å². The van der Waals surface area contributed by atoms with E-state index in [0.29, 0.717) is 18.1 Å². The van der Waals surface area contributed by atoms with Crippen molar-refractivity contribution >= 4 is 12.6 Å². The summed E-state index contributed by atoms with van der Waals surface area (Å²) in [5.74, 6) is 2.10. The number of nitriles is 1. The van der Waals surface area contributed by atoms with Gasteiger partial charge in [-0.25, -0.2) is 0 Å². The standard InChI is InChI=1S/C16H23NOS/c1-11-6-13(8-17)7-12(2)15(11)18-9-14(10-19)16(3,4)5/h6-7,14,19H,9-10H2,1-5H3. The summed E-state index contributed by atoms with van der Waals surface area (Å²) in [7, 11) is 0. The van der Waals surface area contributed by atoms with Gasteiger partial charge in [-0.15, -0.1) is 0 Å². The van der Waals surface area contributed by atoms with E-state index in [4.69, 9.17) is 10.00 Å². The van der Waals surface area contributed by atoms with Crippen molar-refractivity contribution in [1.29, 1.82) is 5.26 Å². The maximum absolute atomic E-state index is 8.94. The topological polar surface area (TPSA) is 33.0 Å². The number of thiol groups is 1. The zero-order valence-electron chi connectivity index (χ0n) is 12.4. The Morgan fingerprint density at radius 2 is 1.79 bits per heavy atom. The molecular formula is C16H23NOS. The van der Waals surface area contributed by atoms with Crippen molar-refractivity contribution in [2.45, 2.75) is 34.6 Å². The Morgan fingerprint density at radius 3 is 2.16 bits per heavy atom. The number of hydrogen-bond acceptors (Lipinski definition) is 3. The normalized spacial score (nSPS) is 12.9. The van der Waals surface area contributed by atoms with Gasteiger partial charge < -0.3 is 4.74 Å². The molecule has 1 aromatic rings. The molecule has 2 nitrogen and oxygen atoms in total. The minimum absolute atomic E-state index is 0.177. The summed E-state index contributed by atoms with van der Waals surface area (Å²) in [6.07, 6.45) is 0. The van der Waals surface area contributed by atoms with Gasteiger partial charge in [0.2, 0.25) is 0 Å². The highest BCUT2D eigenvalue weighted by molar-refractivity contribution is 7.80. The Labute approximate surface area is 122 Å². The Kier molecular flexibility index (Phi) is 5.31. The van der Waals surface area contributed by atoms with E-state index in [1.165, 1.54) is 0 Å². The van der Waals surface area contributed by atoms with E-state index >= 15 is 0 Å². The average Bonchev–Trinajstić information content (AvgIpc) is 2.30. The fourth-order valence-corrected chi connectivity index (χ4v) is 2.66. The van der Waals surface area contributed by atoms with E-state index in [9.17, 15) is 0 Å². The van der Waals surface area contributed by atoms with Gasteiger partial charge in [0.15, 0.2) is 0 Å². The van der Waals surface area contributed by atoms with Crippen LogP contribution in [-0.4, -0.2) is 12.4 Å². The van der Waals surface area contributed by atoms with Crippen molar-refractivity contribution in [2.24, 2.45) is 11.3 Å². The molecule has 0 aromatic heterocycles. The third-order valence-corrected chi connectivity index (χ3v) is 3.90. The van der Waals surface area contributed by atoms with E-state index in [2.05, 4.69) is 39.5 Å². The second-order valence-corrected chi connectivity index (χ2v) is 6.47. The van der Waals surface area contributed by atoms with Gasteiger partial charge in [0, 0.05) is 5.92 Å². The minimum Gasteiger partial charge on any atom is -0.493 e. The Bertz CT molecular complexity index is 459. The van der Waals surface area contributed by atoms with Crippen LogP contribution in [-0.2, 0) is 0 Å². The van der Waals surface area contributed by atoms with Gasteiger partial charge in [0.05, 0.1) is 18.2 Å². The molecule has 1 rings (SSSR count). The Morgan fingerprint density at radius 1 is 1.26 bits per heavy atom. The third kappa shape index (κ3) is 4.18. The molecule has 19 heavy (non-hydrogen) atoms. The van der Waals surface area contributed by atoms with Gasteiger partial charge >= 0.3 is 0 Å². The zero-order chi connectivity index (χ0) is 14.6. The van der Waals surface area contributed by atoms with E-state index in [1.807, 2.05) is 26.0 Å². The van der Waals surface area contributed by atoms with Crippen molar-refractivity contribution < 1.29 is 4.74 Å². The highest BCUT2D eigenvalue weighted by atomic mass is 32.1. The Balaban J connectivity index is 2.87. The lowest BCUT2D eigenvalue weighted by Gasteiger charge is -2.29. The number of aryl methyl sites for hydroxylation is 2. The first-order chi connectivity index (χ1) is 8.79. The molecule has 1 atom stereocenters. The van der Waals surface area contributed by atoms with Gasteiger partial charge in [-0.2, -0.15) is 17.9 Å². The first-order valence-electron chi connectivity index (χ1n) is 6.54. The number of benzene rings is 1. The van der Waals surface area contributed by atoms with Crippen LogP contribution in [0.4, 0.5) is 0 Å². The zero-order valence-corrected chi connectivity index (χ0v) is 13.3.